The van der Waals surface area contributed by atoms with E-state index in [1.807, 2.05) is 30.3 Å². The number of hydrogen-bond acceptors (Lipinski definition) is 3. The molecule has 0 heterocycles. The van der Waals surface area contributed by atoms with E-state index in [1.165, 1.54) is 4.90 Å². The summed E-state index contributed by atoms with van der Waals surface area (Å²) in [5, 5.41) is 8.84. The van der Waals surface area contributed by atoms with Crippen LogP contribution in [-0.4, -0.2) is 35.2 Å². The number of nitrogens with zero attached hydrogens (tertiary/aromatic N) is 1. The molecule has 1 atom stereocenters. The zero-order valence-corrected chi connectivity index (χ0v) is 11.2. The zero-order chi connectivity index (χ0) is 14.3. The molecule has 104 valence electrons. The first kappa shape index (κ1) is 15.0. The van der Waals surface area contributed by atoms with Crippen LogP contribution in [-0.2, 0) is 16.1 Å². The van der Waals surface area contributed by atoms with Crippen molar-refractivity contribution < 1.29 is 19.4 Å². The Morgan fingerprint density at radius 1 is 1.32 bits per heavy atom. The van der Waals surface area contributed by atoms with E-state index < -0.39 is 18.0 Å². The van der Waals surface area contributed by atoms with Crippen LogP contribution in [0.1, 0.15) is 19.4 Å². The van der Waals surface area contributed by atoms with Crippen molar-refractivity contribution in [3.63, 3.8) is 0 Å². The molecule has 1 N–H and O–H groups in total. The Hall–Kier alpha value is -2.04. The quantitative estimate of drug-likeness (QED) is 0.857. The molecule has 5 nitrogen and oxygen atoms in total. The first-order valence-electron chi connectivity index (χ1n) is 6.23. The van der Waals surface area contributed by atoms with Crippen molar-refractivity contribution in [2.24, 2.45) is 5.92 Å². The Labute approximate surface area is 112 Å². The highest BCUT2D eigenvalue weighted by Gasteiger charge is 2.20. The van der Waals surface area contributed by atoms with Gasteiger partial charge in [-0.3, -0.25) is 4.79 Å². The predicted molar refractivity (Wildman–Crippen MR) is 70.7 cm³/mol. The normalized spacial score (nSPS) is 11.7. The van der Waals surface area contributed by atoms with Crippen molar-refractivity contribution in [1.29, 1.82) is 0 Å². The van der Waals surface area contributed by atoms with Gasteiger partial charge in [-0.05, 0) is 12.5 Å². The number of carbonyl (C=O) groups is 2. The van der Waals surface area contributed by atoms with Gasteiger partial charge in [-0.15, -0.1) is 0 Å². The maximum atomic E-state index is 11.8. The molecular formula is C14H19NO4. The topological polar surface area (TPSA) is 66.8 Å². The smallest absolute Gasteiger partial charge is 0.410 e. The highest BCUT2D eigenvalue weighted by Crippen LogP contribution is 2.06. The Bertz CT molecular complexity index is 419. The van der Waals surface area contributed by atoms with Gasteiger partial charge in [0.25, 0.3) is 0 Å². The van der Waals surface area contributed by atoms with Gasteiger partial charge in [-0.2, -0.15) is 0 Å². The molecule has 0 spiro atoms. The van der Waals surface area contributed by atoms with Gasteiger partial charge in [0.1, 0.15) is 6.61 Å². The van der Waals surface area contributed by atoms with E-state index in [9.17, 15) is 9.59 Å². The lowest BCUT2D eigenvalue weighted by molar-refractivity contribution is -0.141. The second-order valence-corrected chi connectivity index (χ2v) is 4.32. The van der Waals surface area contributed by atoms with Gasteiger partial charge >= 0.3 is 12.1 Å². The van der Waals surface area contributed by atoms with Gasteiger partial charge < -0.3 is 14.7 Å². The van der Waals surface area contributed by atoms with E-state index in [0.717, 1.165) is 5.56 Å². The zero-order valence-electron chi connectivity index (χ0n) is 11.2. The SMILES string of the molecule is CCN(CC(C)C(=O)O)C(=O)OCc1ccccc1. The van der Waals surface area contributed by atoms with Gasteiger partial charge in [0.05, 0.1) is 5.92 Å². The van der Waals surface area contributed by atoms with Crippen molar-refractivity contribution in [2.45, 2.75) is 20.5 Å². The molecule has 0 aliphatic rings. The van der Waals surface area contributed by atoms with Crippen LogP contribution in [0.25, 0.3) is 0 Å². The summed E-state index contributed by atoms with van der Waals surface area (Å²) >= 11 is 0. The second-order valence-electron chi connectivity index (χ2n) is 4.32. The van der Waals surface area contributed by atoms with Gasteiger partial charge in [0.2, 0.25) is 0 Å². The number of benzene rings is 1. The maximum absolute atomic E-state index is 11.8. The van der Waals surface area contributed by atoms with Crippen LogP contribution < -0.4 is 0 Å². The van der Waals surface area contributed by atoms with Gasteiger partial charge in [0.15, 0.2) is 0 Å². The van der Waals surface area contributed by atoms with Gasteiger partial charge in [0, 0.05) is 13.1 Å². The lowest BCUT2D eigenvalue weighted by Crippen LogP contribution is -2.37. The Morgan fingerprint density at radius 3 is 2.47 bits per heavy atom. The van der Waals surface area contributed by atoms with E-state index in [4.69, 9.17) is 9.84 Å². The fourth-order valence-electron chi connectivity index (χ4n) is 1.55. The average molecular weight is 265 g/mol. The molecule has 0 aromatic heterocycles. The van der Waals surface area contributed by atoms with Crippen LogP contribution in [0.4, 0.5) is 4.79 Å². The Kier molecular flexibility index (Phi) is 5.85. The molecule has 19 heavy (non-hydrogen) atoms. The third kappa shape index (κ3) is 4.99. The van der Waals surface area contributed by atoms with E-state index >= 15 is 0 Å². The van der Waals surface area contributed by atoms with Crippen LogP contribution >= 0.6 is 0 Å². The Balaban J connectivity index is 2.48. The molecule has 5 heteroatoms. The molecule has 1 unspecified atom stereocenters. The molecule has 1 aromatic rings. The summed E-state index contributed by atoms with van der Waals surface area (Å²) < 4.78 is 5.16. The molecular weight excluding hydrogens is 246 g/mol. The lowest BCUT2D eigenvalue weighted by atomic mass is 10.2. The van der Waals surface area contributed by atoms with E-state index in [1.54, 1.807) is 13.8 Å². The summed E-state index contributed by atoms with van der Waals surface area (Å²) in [6.07, 6.45) is -0.487. The minimum Gasteiger partial charge on any atom is -0.481 e. The first-order valence-corrected chi connectivity index (χ1v) is 6.23. The first-order chi connectivity index (χ1) is 9.04. The third-order valence-electron chi connectivity index (χ3n) is 2.76. The molecule has 0 aliphatic heterocycles. The minimum absolute atomic E-state index is 0.152. The minimum atomic E-state index is -0.922. The highest BCUT2D eigenvalue weighted by atomic mass is 16.6. The van der Waals surface area contributed by atoms with Crippen LogP contribution in [0.5, 0.6) is 0 Å². The number of carbonyl (C=O) groups excluding carboxylic acids is 1. The molecule has 0 radical (unpaired) electrons. The second kappa shape index (κ2) is 7.41. The maximum Gasteiger partial charge on any atom is 0.410 e. The fraction of sp³-hybridized carbons (Fsp3) is 0.429. The van der Waals surface area contributed by atoms with Crippen LogP contribution in [0, 0.1) is 5.92 Å². The van der Waals surface area contributed by atoms with Crippen molar-refractivity contribution in [1.82, 2.24) is 4.90 Å². The molecule has 1 amide bonds. The van der Waals surface area contributed by atoms with E-state index in [0.29, 0.717) is 6.54 Å². The molecule has 0 saturated heterocycles. The summed E-state index contributed by atoms with van der Waals surface area (Å²) in [6.45, 7) is 4.12. The number of ether oxygens (including phenoxy) is 1. The number of amides is 1. The molecule has 0 bridgehead atoms. The predicted octanol–water partition coefficient (Wildman–Crippen LogP) is 2.37. The number of carboxylic acid groups (broad SMARTS) is 1. The lowest BCUT2D eigenvalue weighted by Gasteiger charge is -2.22. The van der Waals surface area contributed by atoms with Crippen molar-refractivity contribution in [3.05, 3.63) is 35.9 Å². The van der Waals surface area contributed by atoms with Gasteiger partial charge in [-0.25, -0.2) is 4.79 Å². The van der Waals surface area contributed by atoms with E-state index in [-0.39, 0.29) is 13.2 Å². The van der Waals surface area contributed by atoms with Gasteiger partial charge in [-0.1, -0.05) is 37.3 Å². The third-order valence-corrected chi connectivity index (χ3v) is 2.76. The summed E-state index contributed by atoms with van der Waals surface area (Å²) in [5.41, 5.74) is 0.901. The highest BCUT2D eigenvalue weighted by molar-refractivity contribution is 5.72. The summed E-state index contributed by atoms with van der Waals surface area (Å²) in [6, 6.07) is 9.35. The Morgan fingerprint density at radius 2 is 1.95 bits per heavy atom. The average Bonchev–Trinajstić information content (AvgIpc) is 2.42. The summed E-state index contributed by atoms with van der Waals surface area (Å²) in [7, 11) is 0. The summed E-state index contributed by atoms with van der Waals surface area (Å²) in [5.74, 6) is -1.53. The van der Waals surface area contributed by atoms with Crippen molar-refractivity contribution >= 4 is 12.1 Å². The van der Waals surface area contributed by atoms with Crippen LogP contribution in [0.15, 0.2) is 30.3 Å². The largest absolute Gasteiger partial charge is 0.481 e. The van der Waals surface area contributed by atoms with Crippen molar-refractivity contribution in [3.8, 4) is 0 Å². The van der Waals surface area contributed by atoms with Crippen LogP contribution in [0.2, 0.25) is 0 Å². The molecule has 1 aromatic carbocycles. The number of hydrogen-bond donors (Lipinski definition) is 1. The number of carboxylic acids is 1. The molecule has 0 aliphatic carbocycles. The fourth-order valence-corrected chi connectivity index (χ4v) is 1.55. The monoisotopic (exact) mass is 265 g/mol. The molecule has 0 saturated carbocycles. The molecule has 0 fully saturated rings. The standard InChI is InChI=1S/C14H19NO4/c1-3-15(9-11(2)13(16)17)14(18)19-10-12-7-5-4-6-8-12/h4-8,11H,3,9-10H2,1-2H3,(H,16,17). The summed E-state index contributed by atoms with van der Waals surface area (Å²) in [4.78, 5) is 24.0. The van der Waals surface area contributed by atoms with E-state index in [2.05, 4.69) is 0 Å². The number of aliphatic carboxylic acids is 1. The number of rotatable bonds is 6. The molecule has 1 rings (SSSR count). The van der Waals surface area contributed by atoms with Crippen molar-refractivity contribution in [2.75, 3.05) is 13.1 Å². The van der Waals surface area contributed by atoms with Crippen LogP contribution in [0.3, 0.4) is 0 Å².